The summed E-state index contributed by atoms with van der Waals surface area (Å²) in [4.78, 5) is 26.0. The second-order valence-electron chi connectivity index (χ2n) is 6.37. The number of morpholine rings is 1. The van der Waals surface area contributed by atoms with Crippen molar-refractivity contribution >= 4 is 29.6 Å². The summed E-state index contributed by atoms with van der Waals surface area (Å²) in [6, 6.07) is 11.8. The zero-order valence-corrected chi connectivity index (χ0v) is 17.2. The molecule has 9 heteroatoms. The first-order valence-electron chi connectivity index (χ1n) is 9.33. The molecule has 1 heterocycles. The maximum atomic E-state index is 12.2. The van der Waals surface area contributed by atoms with Crippen LogP contribution in [0.1, 0.15) is 15.9 Å². The molecule has 30 heavy (non-hydrogen) atoms. The smallest absolute Gasteiger partial charge is 0.272 e. The van der Waals surface area contributed by atoms with Crippen molar-refractivity contribution < 1.29 is 23.8 Å². The minimum atomic E-state index is -0.412. The number of nitrogens with zero attached hydrogens (tertiary/aromatic N) is 2. The molecule has 1 fully saturated rings. The van der Waals surface area contributed by atoms with E-state index < -0.39 is 5.91 Å². The van der Waals surface area contributed by atoms with E-state index in [2.05, 4.69) is 10.5 Å². The van der Waals surface area contributed by atoms with Crippen LogP contribution in [-0.4, -0.2) is 62.9 Å². The molecule has 3 rings (SSSR count). The maximum Gasteiger partial charge on any atom is 0.272 e. The molecule has 0 spiro atoms. The maximum absolute atomic E-state index is 12.2. The van der Waals surface area contributed by atoms with E-state index in [0.29, 0.717) is 54.0 Å². The van der Waals surface area contributed by atoms with E-state index in [0.717, 1.165) is 0 Å². The minimum absolute atomic E-state index is 0.0856. The molecule has 0 aliphatic carbocycles. The van der Waals surface area contributed by atoms with Crippen molar-refractivity contribution in [2.24, 2.45) is 5.10 Å². The Morgan fingerprint density at radius 1 is 1.20 bits per heavy atom. The molecule has 2 amide bonds. The van der Waals surface area contributed by atoms with Gasteiger partial charge in [-0.3, -0.25) is 9.59 Å². The van der Waals surface area contributed by atoms with E-state index in [-0.39, 0.29) is 12.5 Å². The van der Waals surface area contributed by atoms with Crippen molar-refractivity contribution in [1.29, 1.82) is 0 Å². The molecule has 1 N–H and O–H groups in total. The molecule has 1 aliphatic heterocycles. The lowest BCUT2D eigenvalue weighted by atomic mass is 10.2. The number of hydrogen-bond acceptors (Lipinski definition) is 6. The Bertz CT molecular complexity index is 929. The van der Waals surface area contributed by atoms with Gasteiger partial charge in [-0.15, -0.1) is 0 Å². The van der Waals surface area contributed by atoms with Crippen molar-refractivity contribution in [3.63, 3.8) is 0 Å². The Labute approximate surface area is 179 Å². The highest BCUT2D eigenvalue weighted by molar-refractivity contribution is 6.33. The zero-order valence-electron chi connectivity index (χ0n) is 16.5. The fourth-order valence-corrected chi connectivity index (χ4v) is 3.02. The summed E-state index contributed by atoms with van der Waals surface area (Å²) >= 11 is 6.00. The number of hydrazone groups is 1. The van der Waals surface area contributed by atoms with Crippen molar-refractivity contribution in [2.75, 3.05) is 40.0 Å². The minimum Gasteiger partial charge on any atom is -0.493 e. The number of carbonyl (C=O) groups is 2. The third kappa shape index (κ3) is 5.71. The van der Waals surface area contributed by atoms with E-state index in [1.807, 2.05) is 0 Å². The van der Waals surface area contributed by atoms with Gasteiger partial charge in [0.2, 0.25) is 0 Å². The summed E-state index contributed by atoms with van der Waals surface area (Å²) < 4.78 is 16.2. The number of nitrogens with one attached hydrogen (secondary N) is 1. The van der Waals surface area contributed by atoms with E-state index in [9.17, 15) is 9.59 Å². The highest BCUT2D eigenvalue weighted by Gasteiger charge is 2.18. The first-order chi connectivity index (χ1) is 14.6. The monoisotopic (exact) mass is 431 g/mol. The number of hydrogen-bond donors (Lipinski definition) is 1. The molecule has 0 unspecified atom stereocenters. The van der Waals surface area contributed by atoms with Gasteiger partial charge in [-0.25, -0.2) is 5.43 Å². The summed E-state index contributed by atoms with van der Waals surface area (Å²) in [6.07, 6.45) is 1.47. The summed E-state index contributed by atoms with van der Waals surface area (Å²) in [5.74, 6) is 0.376. The predicted molar refractivity (Wildman–Crippen MR) is 112 cm³/mol. The highest BCUT2D eigenvalue weighted by Crippen LogP contribution is 2.27. The summed E-state index contributed by atoms with van der Waals surface area (Å²) in [6.45, 7) is 2.12. The highest BCUT2D eigenvalue weighted by atomic mass is 35.5. The van der Waals surface area contributed by atoms with Crippen molar-refractivity contribution in [3.05, 3.63) is 58.6 Å². The lowest BCUT2D eigenvalue weighted by molar-refractivity contribution is -0.137. The molecule has 1 aliphatic rings. The fraction of sp³-hybridized carbons (Fsp3) is 0.286. The molecule has 1 saturated heterocycles. The SMILES string of the molecule is COc1cc(/C=N\NC(=O)c2ccccc2Cl)ccc1OCC(=O)N1CCOCC1. The molecule has 2 aromatic carbocycles. The van der Waals surface area contributed by atoms with Crippen LogP contribution in [0.5, 0.6) is 11.5 Å². The molecule has 8 nitrogen and oxygen atoms in total. The molecule has 0 radical (unpaired) electrons. The quantitative estimate of drug-likeness (QED) is 0.537. The van der Waals surface area contributed by atoms with Crippen LogP contribution in [0.25, 0.3) is 0 Å². The number of benzene rings is 2. The van der Waals surface area contributed by atoms with Crippen LogP contribution in [-0.2, 0) is 9.53 Å². The largest absolute Gasteiger partial charge is 0.493 e. The van der Waals surface area contributed by atoms with Crippen molar-refractivity contribution in [1.82, 2.24) is 10.3 Å². The second-order valence-corrected chi connectivity index (χ2v) is 6.78. The average Bonchev–Trinajstić information content (AvgIpc) is 2.78. The number of amides is 2. The van der Waals surface area contributed by atoms with Crippen molar-refractivity contribution in [2.45, 2.75) is 0 Å². The normalized spacial score (nSPS) is 13.9. The summed E-state index contributed by atoms with van der Waals surface area (Å²) in [7, 11) is 1.51. The molecule has 158 valence electrons. The topological polar surface area (TPSA) is 89.5 Å². The Morgan fingerprint density at radius 2 is 1.97 bits per heavy atom. The molecule has 0 bridgehead atoms. The Hall–Kier alpha value is -3.10. The molecule has 0 aromatic heterocycles. The summed E-state index contributed by atoms with van der Waals surface area (Å²) in [5.41, 5.74) is 3.44. The lowest BCUT2D eigenvalue weighted by Crippen LogP contribution is -2.43. The van der Waals surface area contributed by atoms with Gasteiger partial charge in [0, 0.05) is 13.1 Å². The van der Waals surface area contributed by atoms with Crippen LogP contribution >= 0.6 is 11.6 Å². The van der Waals surface area contributed by atoms with Gasteiger partial charge in [-0.05, 0) is 35.9 Å². The fourth-order valence-electron chi connectivity index (χ4n) is 2.80. The van der Waals surface area contributed by atoms with Crippen LogP contribution in [0.2, 0.25) is 5.02 Å². The molecular weight excluding hydrogens is 410 g/mol. The van der Waals surface area contributed by atoms with Crippen LogP contribution in [0.4, 0.5) is 0 Å². The second kappa shape index (κ2) is 10.6. The van der Waals surface area contributed by atoms with E-state index in [1.54, 1.807) is 47.4 Å². The van der Waals surface area contributed by atoms with Crippen molar-refractivity contribution in [3.8, 4) is 11.5 Å². The van der Waals surface area contributed by atoms with Crippen LogP contribution < -0.4 is 14.9 Å². The van der Waals surface area contributed by atoms with Gasteiger partial charge in [0.05, 0.1) is 37.1 Å². The molecular formula is C21H22ClN3O5. The third-order valence-corrected chi connectivity index (χ3v) is 4.73. The van der Waals surface area contributed by atoms with Gasteiger partial charge < -0.3 is 19.1 Å². The lowest BCUT2D eigenvalue weighted by Gasteiger charge is -2.26. The Kier molecular flexibility index (Phi) is 7.64. The zero-order chi connectivity index (χ0) is 21.3. The standard InChI is InChI=1S/C21H22ClN3O5/c1-28-19-12-15(13-23-24-21(27)16-4-2-3-5-17(16)22)6-7-18(19)30-14-20(26)25-8-10-29-11-9-25/h2-7,12-13H,8-11,14H2,1H3,(H,24,27)/b23-13-. The molecule has 0 saturated carbocycles. The molecule has 2 aromatic rings. The van der Waals surface area contributed by atoms with Crippen LogP contribution in [0, 0.1) is 0 Å². The van der Waals surface area contributed by atoms with E-state index in [1.165, 1.54) is 13.3 Å². The Balaban J connectivity index is 1.58. The van der Waals surface area contributed by atoms with Gasteiger partial charge in [0.1, 0.15) is 0 Å². The first kappa shape index (κ1) is 21.6. The number of ether oxygens (including phenoxy) is 3. The van der Waals surface area contributed by atoms with E-state index in [4.69, 9.17) is 25.8 Å². The van der Waals surface area contributed by atoms with Gasteiger partial charge in [0.25, 0.3) is 11.8 Å². The number of halogens is 1. The Morgan fingerprint density at radius 3 is 2.70 bits per heavy atom. The summed E-state index contributed by atoms with van der Waals surface area (Å²) in [5, 5.41) is 4.29. The number of methoxy groups -OCH3 is 1. The van der Waals surface area contributed by atoms with Crippen LogP contribution in [0.3, 0.4) is 0 Å². The van der Waals surface area contributed by atoms with E-state index >= 15 is 0 Å². The van der Waals surface area contributed by atoms with Gasteiger partial charge >= 0.3 is 0 Å². The first-order valence-corrected chi connectivity index (χ1v) is 9.70. The third-order valence-electron chi connectivity index (χ3n) is 4.40. The van der Waals surface area contributed by atoms with Gasteiger partial charge in [0.15, 0.2) is 18.1 Å². The molecule has 0 atom stereocenters. The van der Waals surface area contributed by atoms with Crippen LogP contribution in [0.15, 0.2) is 47.6 Å². The predicted octanol–water partition coefficient (Wildman–Crippen LogP) is 2.35. The number of carbonyl (C=O) groups excluding carboxylic acids is 2. The van der Waals surface area contributed by atoms with Gasteiger partial charge in [-0.1, -0.05) is 23.7 Å². The average molecular weight is 432 g/mol. The van der Waals surface area contributed by atoms with Gasteiger partial charge in [-0.2, -0.15) is 5.10 Å². The number of rotatable bonds is 7.